The van der Waals surface area contributed by atoms with E-state index in [4.69, 9.17) is 29.9 Å². The summed E-state index contributed by atoms with van der Waals surface area (Å²) in [4.78, 5) is 29.6. The fourth-order valence-corrected chi connectivity index (χ4v) is 5.33. The quantitative estimate of drug-likeness (QED) is 0.160. The maximum Gasteiger partial charge on any atom is 0.0849 e. The fraction of sp³-hybridized carbons (Fsp3) is 0.238. The fourth-order valence-electron chi connectivity index (χ4n) is 5.33. The Kier molecular flexibility index (Phi) is 10.3. The maximum absolute atomic E-state index is 5.00. The van der Waals surface area contributed by atoms with Crippen LogP contribution >= 0.6 is 0 Å². The Bertz CT molecular complexity index is 1980. The first-order valence-electron chi connectivity index (χ1n) is 16.3. The summed E-state index contributed by atoms with van der Waals surface area (Å²) >= 11 is 0. The summed E-state index contributed by atoms with van der Waals surface area (Å²) in [5, 5.41) is 0. The van der Waals surface area contributed by atoms with Gasteiger partial charge in [-0.2, -0.15) is 0 Å². The number of aromatic nitrogens is 2. The molecule has 0 bridgehead atoms. The zero-order chi connectivity index (χ0) is 34.5. The van der Waals surface area contributed by atoms with Gasteiger partial charge in [-0.1, -0.05) is 36.4 Å². The summed E-state index contributed by atoms with van der Waals surface area (Å²) < 4.78 is 0. The van der Waals surface area contributed by atoms with E-state index < -0.39 is 0 Å². The molecule has 0 aliphatic carbocycles. The molecule has 0 spiro atoms. The number of hydrogen-bond acceptors (Lipinski definition) is 6. The van der Waals surface area contributed by atoms with Crippen molar-refractivity contribution in [3.05, 3.63) is 141 Å². The molecule has 3 aromatic carbocycles. The lowest BCUT2D eigenvalue weighted by Gasteiger charge is -2.10. The van der Waals surface area contributed by atoms with Gasteiger partial charge in [0.2, 0.25) is 0 Å². The van der Waals surface area contributed by atoms with Gasteiger partial charge in [0.15, 0.2) is 0 Å². The van der Waals surface area contributed by atoms with Crippen molar-refractivity contribution >= 4 is 45.6 Å². The highest BCUT2D eigenvalue weighted by atomic mass is 14.9. The molecule has 0 radical (unpaired) electrons. The molecule has 0 N–H and O–H groups in total. The van der Waals surface area contributed by atoms with Crippen molar-refractivity contribution in [2.24, 2.45) is 20.0 Å². The van der Waals surface area contributed by atoms with Crippen molar-refractivity contribution in [2.75, 3.05) is 0 Å². The molecule has 0 aliphatic heterocycles. The number of hydrogen-bond donors (Lipinski definition) is 0. The molecule has 0 aliphatic rings. The second kappa shape index (κ2) is 14.6. The summed E-state index contributed by atoms with van der Waals surface area (Å²) in [6.07, 6.45) is 0. The first kappa shape index (κ1) is 34.0. The van der Waals surface area contributed by atoms with Crippen LogP contribution in [0.25, 0.3) is 0 Å². The molecular formula is C42H44N6. The first-order chi connectivity index (χ1) is 22.9. The molecule has 0 amide bonds. The molecule has 5 aromatic rings. The highest BCUT2D eigenvalue weighted by Gasteiger charge is 2.10. The third kappa shape index (κ3) is 8.13. The van der Waals surface area contributed by atoms with Crippen molar-refractivity contribution in [3.8, 4) is 0 Å². The van der Waals surface area contributed by atoms with Gasteiger partial charge in [0.05, 0.1) is 68.4 Å². The van der Waals surface area contributed by atoms with E-state index >= 15 is 0 Å². The Morgan fingerprint density at radius 1 is 0.375 bits per heavy atom. The lowest BCUT2D eigenvalue weighted by molar-refractivity contribution is 1.23. The summed E-state index contributed by atoms with van der Waals surface area (Å²) in [6, 6.07) is 28.8. The summed E-state index contributed by atoms with van der Waals surface area (Å²) in [5.41, 5.74) is 17.2. The molecule has 5 rings (SSSR count). The zero-order valence-corrected chi connectivity index (χ0v) is 29.8. The van der Waals surface area contributed by atoms with Gasteiger partial charge >= 0.3 is 0 Å². The van der Waals surface area contributed by atoms with E-state index in [1.807, 2.05) is 64.1 Å². The molecule has 6 heteroatoms. The number of pyridine rings is 2. The van der Waals surface area contributed by atoms with Crippen molar-refractivity contribution in [1.29, 1.82) is 0 Å². The number of benzene rings is 3. The highest BCUT2D eigenvalue weighted by molar-refractivity contribution is 6.03. The minimum atomic E-state index is 0.820. The predicted octanol–water partition coefficient (Wildman–Crippen LogP) is 10.9. The number of nitrogens with zero attached hydrogens (tertiary/aromatic N) is 6. The lowest BCUT2D eigenvalue weighted by atomic mass is 10.1. The van der Waals surface area contributed by atoms with E-state index in [0.717, 1.165) is 90.6 Å². The molecule has 0 atom stereocenters. The van der Waals surface area contributed by atoms with E-state index in [9.17, 15) is 0 Å². The monoisotopic (exact) mass is 632 g/mol. The van der Waals surface area contributed by atoms with E-state index in [-0.39, 0.29) is 0 Å². The van der Waals surface area contributed by atoms with Crippen LogP contribution in [-0.4, -0.2) is 32.8 Å². The van der Waals surface area contributed by atoms with Crippen LogP contribution in [0.15, 0.2) is 105 Å². The molecule has 242 valence electrons. The largest absolute Gasteiger partial charge is 0.251 e. The van der Waals surface area contributed by atoms with Gasteiger partial charge in [-0.3, -0.25) is 20.0 Å². The molecular weight excluding hydrogens is 589 g/mol. The second-order valence-corrected chi connectivity index (χ2v) is 12.6. The topological polar surface area (TPSA) is 75.2 Å². The Balaban J connectivity index is 1.38. The van der Waals surface area contributed by atoms with Crippen molar-refractivity contribution < 1.29 is 0 Å². The Labute approximate surface area is 285 Å². The van der Waals surface area contributed by atoms with Gasteiger partial charge in [0.25, 0.3) is 0 Å². The Morgan fingerprint density at radius 2 is 0.667 bits per heavy atom. The number of rotatable bonds is 8. The van der Waals surface area contributed by atoms with Crippen LogP contribution in [0.3, 0.4) is 0 Å². The maximum atomic E-state index is 5.00. The van der Waals surface area contributed by atoms with Gasteiger partial charge < -0.3 is 0 Å². The smallest absolute Gasteiger partial charge is 0.0849 e. The van der Waals surface area contributed by atoms with Gasteiger partial charge in [0, 0.05) is 0 Å². The molecule has 0 saturated carbocycles. The highest BCUT2D eigenvalue weighted by Crippen LogP contribution is 2.30. The molecule has 0 saturated heterocycles. The third-order valence-corrected chi connectivity index (χ3v) is 8.38. The predicted molar refractivity (Wildman–Crippen MR) is 204 cm³/mol. The second-order valence-electron chi connectivity index (χ2n) is 12.6. The normalized spacial score (nSPS) is 12.9. The number of aryl methyl sites for hydroxylation is 6. The van der Waals surface area contributed by atoms with E-state index in [0.29, 0.717) is 0 Å². The van der Waals surface area contributed by atoms with Crippen LogP contribution in [0.4, 0.5) is 22.7 Å². The van der Waals surface area contributed by atoms with E-state index in [1.165, 1.54) is 11.1 Å². The summed E-state index contributed by atoms with van der Waals surface area (Å²) in [6.45, 7) is 20.5. The zero-order valence-electron chi connectivity index (χ0n) is 29.8. The van der Waals surface area contributed by atoms with Crippen LogP contribution in [-0.2, 0) is 0 Å². The number of aliphatic imine (C=N–C) groups is 4. The molecule has 0 fully saturated rings. The standard InChI is InChI=1S/C42H44N6/c1-25-17-19-27(3)39(21-25)43-31(7)35-13-11-15-37(47-35)33(9)45-41-23-30(6)42(24-29(41)5)46-34(10)38-16-12-14-36(48-38)32(8)44-40-22-26(2)18-20-28(40)4/h11-24H,1-10H3/b43-31+,44-32+,45-33+,46-34+. The first-order valence-corrected chi connectivity index (χ1v) is 16.3. The van der Waals surface area contributed by atoms with Gasteiger partial charge in [0.1, 0.15) is 0 Å². The van der Waals surface area contributed by atoms with Crippen LogP contribution in [0.5, 0.6) is 0 Å². The lowest BCUT2D eigenvalue weighted by Crippen LogP contribution is -2.05. The SMILES string of the molecule is C/C(=N\c1cc(C)ccc1C)c1cccc(/C(C)=N/c2cc(C)c(/N=C(\C)c3cccc(/C(C)=N/c4cc(C)ccc4C)n3)cc2C)n1. The summed E-state index contributed by atoms with van der Waals surface area (Å²) in [7, 11) is 0. The average molecular weight is 633 g/mol. The van der Waals surface area contributed by atoms with Crippen LogP contribution < -0.4 is 0 Å². The molecule has 2 heterocycles. The molecule has 48 heavy (non-hydrogen) atoms. The van der Waals surface area contributed by atoms with Crippen LogP contribution in [0.2, 0.25) is 0 Å². The Morgan fingerprint density at radius 3 is 0.979 bits per heavy atom. The average Bonchev–Trinajstić information content (AvgIpc) is 3.06. The van der Waals surface area contributed by atoms with Crippen molar-refractivity contribution in [1.82, 2.24) is 9.97 Å². The third-order valence-electron chi connectivity index (χ3n) is 8.38. The van der Waals surface area contributed by atoms with E-state index in [1.54, 1.807) is 0 Å². The van der Waals surface area contributed by atoms with E-state index in [2.05, 4.69) is 90.1 Å². The molecule has 0 unspecified atom stereocenters. The van der Waals surface area contributed by atoms with Crippen LogP contribution in [0, 0.1) is 41.5 Å². The van der Waals surface area contributed by atoms with Crippen molar-refractivity contribution in [3.63, 3.8) is 0 Å². The van der Waals surface area contributed by atoms with Crippen LogP contribution in [0.1, 0.15) is 83.9 Å². The minimum absolute atomic E-state index is 0.820. The minimum Gasteiger partial charge on any atom is -0.251 e. The Hall–Kier alpha value is -5.36. The molecule has 2 aromatic heterocycles. The van der Waals surface area contributed by atoms with Gasteiger partial charge in [-0.25, -0.2) is 9.97 Å². The van der Waals surface area contributed by atoms with Gasteiger partial charge in [-0.15, -0.1) is 0 Å². The molecule has 6 nitrogen and oxygen atoms in total. The summed E-state index contributed by atoms with van der Waals surface area (Å²) in [5.74, 6) is 0. The van der Waals surface area contributed by atoms with Crippen molar-refractivity contribution in [2.45, 2.75) is 69.2 Å². The van der Waals surface area contributed by atoms with Gasteiger partial charge in [-0.05, 0) is 151 Å².